The van der Waals surface area contributed by atoms with E-state index in [1.54, 1.807) is 11.8 Å². The van der Waals surface area contributed by atoms with Gasteiger partial charge in [-0.25, -0.2) is 0 Å². The van der Waals surface area contributed by atoms with Crippen molar-refractivity contribution in [3.05, 3.63) is 185 Å². The van der Waals surface area contributed by atoms with Gasteiger partial charge < -0.3 is 14.9 Å². The van der Waals surface area contributed by atoms with Crippen LogP contribution in [0, 0.1) is 0 Å². The van der Waals surface area contributed by atoms with Crippen LogP contribution in [0.5, 0.6) is 0 Å². The Bertz CT molecular complexity index is 2940. The van der Waals surface area contributed by atoms with Crippen LogP contribution in [0.15, 0.2) is 163 Å². The third kappa shape index (κ3) is 4.75. The third-order valence-electron chi connectivity index (χ3n) is 10.6. The van der Waals surface area contributed by atoms with Crippen molar-refractivity contribution in [2.45, 2.75) is 12.2 Å². The molecule has 0 bridgehead atoms. The van der Waals surface area contributed by atoms with E-state index in [1.165, 1.54) is 76.8 Å². The number of nitrogen functional groups attached to an aromatic ring is 1. The lowest BCUT2D eigenvalue weighted by molar-refractivity contribution is 1.13. The van der Waals surface area contributed by atoms with Gasteiger partial charge in [0.05, 0.1) is 22.1 Å². The van der Waals surface area contributed by atoms with Gasteiger partial charge in [0.25, 0.3) is 0 Å². The number of fused-ring (bicyclic) bond motifs is 11. The number of nitrogens with two attached hydrogens (primary N) is 1. The molecule has 7 aromatic carbocycles. The lowest BCUT2D eigenvalue weighted by Crippen LogP contribution is -2.02. The van der Waals surface area contributed by atoms with Gasteiger partial charge in [-0.05, 0) is 69.4 Å². The van der Waals surface area contributed by atoms with E-state index in [4.69, 9.17) is 5.73 Å². The molecule has 9 aromatic rings. The van der Waals surface area contributed by atoms with Crippen LogP contribution >= 0.6 is 11.8 Å². The molecule has 2 heterocycles. The summed E-state index contributed by atoms with van der Waals surface area (Å²) in [4.78, 5) is 1.01. The predicted octanol–water partition coefficient (Wildman–Crippen LogP) is 12.6. The van der Waals surface area contributed by atoms with Crippen molar-refractivity contribution >= 4 is 89.7 Å². The average Bonchev–Trinajstić information content (AvgIpc) is 3.88. The maximum atomic E-state index is 7.01. The van der Waals surface area contributed by atoms with E-state index < -0.39 is 0 Å². The lowest BCUT2D eigenvalue weighted by Gasteiger charge is -2.15. The molecule has 0 unspecified atom stereocenters. The zero-order valence-electron chi connectivity index (χ0n) is 28.6. The molecule has 0 saturated carbocycles. The number of benzene rings is 7. The molecule has 0 aliphatic heterocycles. The van der Waals surface area contributed by atoms with Crippen molar-refractivity contribution in [2.24, 2.45) is 0 Å². The number of hydrogen-bond donors (Lipinski definition) is 1. The summed E-state index contributed by atoms with van der Waals surface area (Å²) in [5, 5.41) is 7.60. The Labute approximate surface area is 306 Å². The molecule has 4 heteroatoms. The molecule has 3 nitrogen and oxygen atoms in total. The van der Waals surface area contributed by atoms with Crippen molar-refractivity contribution in [2.75, 3.05) is 5.73 Å². The smallest absolute Gasteiger partial charge is 0.0795 e. The highest BCUT2D eigenvalue weighted by atomic mass is 32.2. The Morgan fingerprint density at radius 3 is 1.87 bits per heavy atom. The molecular formula is C48H35N3S. The molecule has 52 heavy (non-hydrogen) atoms. The van der Waals surface area contributed by atoms with E-state index in [2.05, 4.69) is 173 Å². The molecule has 2 N–H and O–H groups in total. The second-order valence-corrected chi connectivity index (χ2v) is 14.7. The van der Waals surface area contributed by atoms with Gasteiger partial charge in [0.2, 0.25) is 0 Å². The van der Waals surface area contributed by atoms with Gasteiger partial charge in [-0.15, -0.1) is 11.8 Å². The number of nitrogens with zero attached hydrogens (tertiary/aromatic N) is 2. The first-order chi connectivity index (χ1) is 25.7. The van der Waals surface area contributed by atoms with E-state index in [9.17, 15) is 0 Å². The Morgan fingerprint density at radius 1 is 0.635 bits per heavy atom. The van der Waals surface area contributed by atoms with Crippen LogP contribution in [0.2, 0.25) is 0 Å². The molecule has 0 spiro atoms. The van der Waals surface area contributed by atoms with E-state index in [0.29, 0.717) is 0 Å². The van der Waals surface area contributed by atoms with Crippen molar-refractivity contribution in [3.8, 4) is 5.69 Å². The van der Waals surface area contributed by atoms with E-state index in [0.717, 1.165) is 34.0 Å². The zero-order chi connectivity index (χ0) is 34.8. The Balaban J connectivity index is 1.16. The molecule has 1 aliphatic rings. The van der Waals surface area contributed by atoms with E-state index >= 15 is 0 Å². The second-order valence-electron chi connectivity index (χ2n) is 13.6. The molecular weight excluding hydrogens is 651 g/mol. The first kappa shape index (κ1) is 30.6. The maximum absolute atomic E-state index is 7.01. The Hall–Kier alpha value is -6.23. The summed E-state index contributed by atoms with van der Waals surface area (Å²) in [6.07, 6.45) is 7.28. The molecule has 0 saturated heterocycles. The number of allylic oxidation sites excluding steroid dienone is 2. The molecule has 0 amide bonds. The summed E-state index contributed by atoms with van der Waals surface area (Å²) < 4.78 is 4.99. The Kier molecular flexibility index (Phi) is 7.19. The highest BCUT2D eigenvalue weighted by Crippen LogP contribution is 2.48. The standard InChI is InChI=1S/C48H35N3S/c1-31(52-30-32-14-4-2-5-15-32)24-25-33-26-27-34-28-36(29-41(34)46(33)49)51-43-23-13-11-21-40(43)45-38-19-9-8-18-37(38)44-39-20-10-12-22-42(39)50(47(44)48(45)51)35-16-6-3-7-17-35/h2-28H,1,29-30,49H2/b25-24-. The second kappa shape index (κ2) is 12.2. The topological polar surface area (TPSA) is 35.9 Å². The largest absolute Gasteiger partial charge is 0.398 e. The number of hydrogen-bond acceptors (Lipinski definition) is 2. The predicted molar refractivity (Wildman–Crippen MR) is 226 cm³/mol. The molecule has 0 radical (unpaired) electrons. The van der Waals surface area contributed by atoms with E-state index in [1.807, 2.05) is 6.07 Å². The number of anilines is 1. The van der Waals surface area contributed by atoms with E-state index in [-0.39, 0.29) is 0 Å². The molecule has 10 rings (SSSR count). The first-order valence-corrected chi connectivity index (χ1v) is 18.7. The van der Waals surface area contributed by atoms with Crippen LogP contribution in [0.25, 0.3) is 77.9 Å². The van der Waals surface area contributed by atoms with Crippen molar-refractivity contribution in [1.29, 1.82) is 0 Å². The summed E-state index contributed by atoms with van der Waals surface area (Å²) in [6.45, 7) is 4.30. The fourth-order valence-electron chi connectivity index (χ4n) is 8.25. The third-order valence-corrected chi connectivity index (χ3v) is 11.5. The SMILES string of the molecule is C=C(/C=C\c1ccc2c(c1N)CC(n1c3ccccc3c3c4ccccc4c4c5ccccc5n(-c5ccccc5)c4c31)=C2)SCc1ccccc1. The summed E-state index contributed by atoms with van der Waals surface area (Å²) >= 11 is 1.75. The van der Waals surface area contributed by atoms with Gasteiger partial charge in [0.1, 0.15) is 0 Å². The minimum Gasteiger partial charge on any atom is -0.398 e. The van der Waals surface area contributed by atoms with Gasteiger partial charge in [-0.3, -0.25) is 0 Å². The van der Waals surface area contributed by atoms with Crippen LogP contribution < -0.4 is 5.73 Å². The van der Waals surface area contributed by atoms with Gasteiger partial charge in [0, 0.05) is 55.7 Å². The molecule has 248 valence electrons. The average molecular weight is 686 g/mol. The molecule has 1 aliphatic carbocycles. The fourth-order valence-corrected chi connectivity index (χ4v) is 8.96. The first-order valence-electron chi connectivity index (χ1n) is 17.7. The van der Waals surface area contributed by atoms with Crippen LogP contribution in [0.3, 0.4) is 0 Å². The molecule has 0 fully saturated rings. The monoisotopic (exact) mass is 685 g/mol. The zero-order valence-corrected chi connectivity index (χ0v) is 29.4. The summed E-state index contributed by atoms with van der Waals surface area (Å²) in [5.74, 6) is 0.890. The van der Waals surface area contributed by atoms with Crippen molar-refractivity contribution in [3.63, 3.8) is 0 Å². The van der Waals surface area contributed by atoms with Gasteiger partial charge in [-0.2, -0.15) is 0 Å². The quantitative estimate of drug-likeness (QED) is 0.134. The van der Waals surface area contributed by atoms with Crippen molar-refractivity contribution < 1.29 is 0 Å². The highest BCUT2D eigenvalue weighted by Gasteiger charge is 2.27. The van der Waals surface area contributed by atoms with Crippen LogP contribution in [-0.2, 0) is 12.2 Å². The van der Waals surface area contributed by atoms with Gasteiger partial charge in [0.15, 0.2) is 0 Å². The van der Waals surface area contributed by atoms with Crippen LogP contribution in [-0.4, -0.2) is 9.13 Å². The number of para-hydroxylation sites is 3. The summed E-state index contributed by atoms with van der Waals surface area (Å²) in [5.41, 5.74) is 19.7. The van der Waals surface area contributed by atoms with Crippen LogP contribution in [0.1, 0.15) is 22.3 Å². The normalized spacial score (nSPS) is 12.9. The number of thioether (sulfide) groups is 1. The Morgan fingerprint density at radius 2 is 1.19 bits per heavy atom. The summed E-state index contributed by atoms with van der Waals surface area (Å²) in [7, 11) is 0. The highest BCUT2D eigenvalue weighted by molar-refractivity contribution is 8.02. The van der Waals surface area contributed by atoms with Gasteiger partial charge >= 0.3 is 0 Å². The fraction of sp³-hybridized carbons (Fsp3) is 0.0417. The lowest BCUT2D eigenvalue weighted by atomic mass is 9.98. The summed E-state index contributed by atoms with van der Waals surface area (Å²) in [6, 6.07) is 52.3. The van der Waals surface area contributed by atoms with Gasteiger partial charge in [-0.1, -0.05) is 134 Å². The van der Waals surface area contributed by atoms with Crippen LogP contribution in [0.4, 0.5) is 5.69 Å². The minimum absolute atomic E-state index is 0.736. The van der Waals surface area contributed by atoms with Crippen molar-refractivity contribution in [1.82, 2.24) is 9.13 Å². The molecule has 2 aromatic heterocycles. The molecule has 0 atom stereocenters. The maximum Gasteiger partial charge on any atom is 0.0795 e. The number of aromatic nitrogens is 2. The minimum atomic E-state index is 0.736. The number of rotatable bonds is 7.